The molecule has 32 heavy (non-hydrogen) atoms. The maximum absolute atomic E-state index is 3.74. The second-order valence-corrected chi connectivity index (χ2v) is 10.4. The van der Waals surface area contributed by atoms with Crippen LogP contribution in [0.1, 0.15) is 25.0 Å². The van der Waals surface area contributed by atoms with E-state index >= 15 is 0 Å². The van der Waals surface area contributed by atoms with Crippen LogP contribution in [0.25, 0.3) is 54.6 Å². The summed E-state index contributed by atoms with van der Waals surface area (Å²) in [6.07, 6.45) is 0. The van der Waals surface area contributed by atoms with Crippen LogP contribution >= 0.6 is 15.9 Å². The molecule has 1 heteroatoms. The normalized spacial score (nSPS) is 14.3. The van der Waals surface area contributed by atoms with E-state index in [0.29, 0.717) is 0 Å². The smallest absolute Gasteiger partial charge is 0.0254 e. The minimum Gasteiger partial charge on any atom is -0.0619 e. The van der Waals surface area contributed by atoms with Gasteiger partial charge in [0, 0.05) is 9.89 Å². The van der Waals surface area contributed by atoms with Crippen molar-refractivity contribution < 1.29 is 0 Å². The van der Waals surface area contributed by atoms with Crippen LogP contribution in [0.4, 0.5) is 0 Å². The molecule has 0 atom stereocenters. The predicted octanol–water partition coefficient (Wildman–Crippen LogP) is 9.32. The van der Waals surface area contributed by atoms with Crippen LogP contribution in [0.2, 0.25) is 0 Å². The van der Waals surface area contributed by atoms with Crippen LogP contribution in [-0.4, -0.2) is 0 Å². The highest BCUT2D eigenvalue weighted by Gasteiger charge is 2.35. The van der Waals surface area contributed by atoms with E-state index in [0.717, 1.165) is 4.47 Å². The van der Waals surface area contributed by atoms with Gasteiger partial charge in [0.15, 0.2) is 0 Å². The van der Waals surface area contributed by atoms with E-state index in [-0.39, 0.29) is 5.41 Å². The van der Waals surface area contributed by atoms with Gasteiger partial charge in [0.2, 0.25) is 0 Å². The number of hydrogen-bond acceptors (Lipinski definition) is 0. The molecule has 1 aliphatic rings. The number of rotatable bonds is 1. The van der Waals surface area contributed by atoms with Gasteiger partial charge in [0.05, 0.1) is 0 Å². The molecule has 0 N–H and O–H groups in total. The molecule has 0 nitrogen and oxygen atoms in total. The zero-order chi connectivity index (χ0) is 21.6. The molecule has 7 rings (SSSR count). The van der Waals surface area contributed by atoms with Crippen LogP contribution in [-0.2, 0) is 5.41 Å². The molecule has 0 saturated carbocycles. The highest BCUT2D eigenvalue weighted by atomic mass is 79.9. The highest BCUT2D eigenvalue weighted by Crippen LogP contribution is 2.49. The second-order valence-electron chi connectivity index (χ2n) is 9.55. The van der Waals surface area contributed by atoms with E-state index < -0.39 is 0 Å². The van der Waals surface area contributed by atoms with Crippen LogP contribution < -0.4 is 0 Å². The van der Waals surface area contributed by atoms with Gasteiger partial charge in [-0.25, -0.2) is 0 Å². The standard InChI is InChI=1S/C31H21Br/c1-31(2)26-6-4-3-5-23(26)24-12-9-19(17-27(24)31)22-15-20-8-7-18-11-14-28(32)25-13-10-21(16-22)29(20)30(18)25/h3-17H,1-2H3. The molecule has 0 radical (unpaired) electrons. The van der Waals surface area contributed by atoms with Gasteiger partial charge in [-0.1, -0.05) is 96.5 Å². The monoisotopic (exact) mass is 472 g/mol. The molecular formula is C31H21Br. The molecule has 6 aromatic carbocycles. The fourth-order valence-corrected chi connectivity index (χ4v) is 6.30. The van der Waals surface area contributed by atoms with Crippen LogP contribution in [0.3, 0.4) is 0 Å². The number of halogens is 1. The van der Waals surface area contributed by atoms with Gasteiger partial charge < -0.3 is 0 Å². The van der Waals surface area contributed by atoms with Gasteiger partial charge in [-0.2, -0.15) is 0 Å². The maximum atomic E-state index is 3.74. The van der Waals surface area contributed by atoms with E-state index in [1.807, 2.05) is 0 Å². The van der Waals surface area contributed by atoms with Crippen molar-refractivity contribution >= 4 is 48.2 Å². The lowest BCUT2D eigenvalue weighted by molar-refractivity contribution is 0.660. The second kappa shape index (κ2) is 6.21. The maximum Gasteiger partial charge on any atom is 0.0254 e. The first-order valence-electron chi connectivity index (χ1n) is 11.1. The Morgan fingerprint density at radius 2 is 1.25 bits per heavy atom. The Hall–Kier alpha value is -3.16. The van der Waals surface area contributed by atoms with Crippen LogP contribution in [0.5, 0.6) is 0 Å². The summed E-state index contributed by atoms with van der Waals surface area (Å²) in [6, 6.07) is 34.0. The third-order valence-corrected chi connectivity index (χ3v) is 8.15. The van der Waals surface area contributed by atoms with Gasteiger partial charge in [0.1, 0.15) is 0 Å². The molecular weight excluding hydrogens is 452 g/mol. The van der Waals surface area contributed by atoms with Crippen molar-refractivity contribution in [2.75, 3.05) is 0 Å². The van der Waals surface area contributed by atoms with Gasteiger partial charge in [0.25, 0.3) is 0 Å². The molecule has 0 fully saturated rings. The molecule has 0 bridgehead atoms. The third-order valence-electron chi connectivity index (χ3n) is 7.46. The van der Waals surface area contributed by atoms with Crippen LogP contribution in [0, 0.1) is 0 Å². The van der Waals surface area contributed by atoms with E-state index in [1.165, 1.54) is 65.7 Å². The number of hydrogen-bond donors (Lipinski definition) is 0. The Bertz CT molecular complexity index is 1690. The average molecular weight is 473 g/mol. The van der Waals surface area contributed by atoms with Crippen molar-refractivity contribution in [1.82, 2.24) is 0 Å². The van der Waals surface area contributed by atoms with Gasteiger partial charge in [-0.05, 0) is 90.0 Å². The zero-order valence-electron chi connectivity index (χ0n) is 18.0. The van der Waals surface area contributed by atoms with E-state index in [1.54, 1.807) is 0 Å². The minimum absolute atomic E-state index is 0.0182. The van der Waals surface area contributed by atoms with Crippen LogP contribution in [0.15, 0.2) is 95.5 Å². The van der Waals surface area contributed by atoms with E-state index in [4.69, 9.17) is 0 Å². The quantitative estimate of drug-likeness (QED) is 0.209. The summed E-state index contributed by atoms with van der Waals surface area (Å²) in [5.74, 6) is 0. The van der Waals surface area contributed by atoms with Gasteiger partial charge in [-0.3, -0.25) is 0 Å². The molecule has 0 spiro atoms. The number of fused-ring (bicyclic) bond motifs is 3. The summed E-state index contributed by atoms with van der Waals surface area (Å²) in [4.78, 5) is 0. The molecule has 1 aliphatic carbocycles. The van der Waals surface area contributed by atoms with E-state index in [2.05, 4.69) is 121 Å². The van der Waals surface area contributed by atoms with Crippen molar-refractivity contribution in [2.45, 2.75) is 19.3 Å². The van der Waals surface area contributed by atoms with Crippen molar-refractivity contribution in [3.63, 3.8) is 0 Å². The largest absolute Gasteiger partial charge is 0.0619 e. The summed E-state index contributed by atoms with van der Waals surface area (Å²) in [5.41, 5.74) is 8.18. The van der Waals surface area contributed by atoms with Crippen molar-refractivity contribution in [3.8, 4) is 22.3 Å². The molecule has 0 saturated heterocycles. The fourth-order valence-electron chi connectivity index (χ4n) is 5.83. The minimum atomic E-state index is 0.0182. The lowest BCUT2D eigenvalue weighted by Gasteiger charge is -2.22. The highest BCUT2D eigenvalue weighted by molar-refractivity contribution is 9.10. The Kier molecular flexibility index (Phi) is 3.57. The Morgan fingerprint density at radius 3 is 2.09 bits per heavy atom. The summed E-state index contributed by atoms with van der Waals surface area (Å²) >= 11 is 3.74. The average Bonchev–Trinajstić information content (AvgIpc) is 3.05. The first kappa shape index (κ1) is 18.4. The summed E-state index contributed by atoms with van der Waals surface area (Å²) in [7, 11) is 0. The van der Waals surface area contributed by atoms with Crippen molar-refractivity contribution in [1.29, 1.82) is 0 Å². The third kappa shape index (κ3) is 2.32. The lowest BCUT2D eigenvalue weighted by atomic mass is 9.81. The molecule has 0 aliphatic heterocycles. The Morgan fingerprint density at radius 1 is 0.562 bits per heavy atom. The predicted molar refractivity (Wildman–Crippen MR) is 141 cm³/mol. The number of benzene rings is 6. The van der Waals surface area contributed by atoms with Crippen molar-refractivity contribution in [2.24, 2.45) is 0 Å². The molecule has 0 unspecified atom stereocenters. The van der Waals surface area contributed by atoms with Gasteiger partial charge >= 0.3 is 0 Å². The summed E-state index contributed by atoms with van der Waals surface area (Å²) < 4.78 is 1.16. The topological polar surface area (TPSA) is 0 Å². The molecule has 6 aromatic rings. The lowest BCUT2D eigenvalue weighted by Crippen LogP contribution is -2.14. The summed E-state index contributed by atoms with van der Waals surface area (Å²) in [6.45, 7) is 4.69. The van der Waals surface area contributed by atoms with Crippen molar-refractivity contribution in [3.05, 3.63) is 107 Å². The zero-order valence-corrected chi connectivity index (χ0v) is 19.6. The molecule has 152 valence electrons. The first-order chi connectivity index (χ1) is 15.5. The Labute approximate surface area is 196 Å². The first-order valence-corrected chi connectivity index (χ1v) is 11.9. The van der Waals surface area contributed by atoms with Gasteiger partial charge in [-0.15, -0.1) is 0 Å². The fraction of sp³-hybridized carbons (Fsp3) is 0.0968. The molecule has 0 heterocycles. The SMILES string of the molecule is CC1(C)c2ccccc2-c2ccc(-c3cc4ccc5ccc(Br)c6ccc(c3)c4c56)cc21. The Balaban J connectivity index is 1.48. The molecule has 0 aromatic heterocycles. The molecule has 0 amide bonds. The summed E-state index contributed by atoms with van der Waals surface area (Å²) in [5, 5.41) is 7.90. The van der Waals surface area contributed by atoms with E-state index in [9.17, 15) is 0 Å².